The van der Waals surface area contributed by atoms with E-state index in [9.17, 15) is 0 Å². The van der Waals surface area contributed by atoms with Crippen molar-refractivity contribution < 1.29 is 0 Å². The largest absolute Gasteiger partial charge is 0.321 e. The van der Waals surface area contributed by atoms with E-state index in [4.69, 9.17) is 5.73 Å². The Morgan fingerprint density at radius 2 is 1.67 bits per heavy atom. The maximum Gasteiger partial charge on any atom is 0.0441 e. The molecular weight excluding hydrogens is 206 g/mol. The Bertz CT molecular complexity index is 369. The molecule has 1 aliphatic rings. The molecular formula is C13H20ClN. The molecule has 0 bridgehead atoms. The van der Waals surface area contributed by atoms with Crippen LogP contribution in [-0.2, 0) is 5.54 Å². The maximum atomic E-state index is 6.46. The van der Waals surface area contributed by atoms with Gasteiger partial charge in [-0.1, -0.05) is 45.0 Å². The molecule has 1 aliphatic carbocycles. The average molecular weight is 226 g/mol. The van der Waals surface area contributed by atoms with E-state index in [1.165, 1.54) is 11.1 Å². The van der Waals surface area contributed by atoms with Crippen molar-refractivity contribution in [3.8, 4) is 0 Å². The van der Waals surface area contributed by atoms with Gasteiger partial charge in [0.2, 0.25) is 0 Å². The van der Waals surface area contributed by atoms with E-state index in [0.29, 0.717) is 5.92 Å². The van der Waals surface area contributed by atoms with Crippen LogP contribution in [0.15, 0.2) is 24.3 Å². The molecule has 2 N–H and O–H groups in total. The van der Waals surface area contributed by atoms with E-state index < -0.39 is 0 Å². The molecule has 84 valence electrons. The van der Waals surface area contributed by atoms with Gasteiger partial charge in [-0.15, -0.1) is 12.4 Å². The van der Waals surface area contributed by atoms with Crippen molar-refractivity contribution in [3.05, 3.63) is 35.4 Å². The zero-order chi connectivity index (χ0) is 10.6. The minimum atomic E-state index is -0.205. The maximum absolute atomic E-state index is 6.46. The summed E-state index contributed by atoms with van der Waals surface area (Å²) in [6, 6.07) is 8.56. The molecule has 1 aromatic carbocycles. The van der Waals surface area contributed by atoms with Crippen LogP contribution in [0.2, 0.25) is 0 Å². The summed E-state index contributed by atoms with van der Waals surface area (Å²) in [5.74, 6) is 0.536. The zero-order valence-electron chi connectivity index (χ0n) is 9.87. The smallest absolute Gasteiger partial charge is 0.0441 e. The van der Waals surface area contributed by atoms with Crippen LogP contribution in [0.4, 0.5) is 0 Å². The number of benzene rings is 1. The monoisotopic (exact) mass is 225 g/mol. The van der Waals surface area contributed by atoms with Gasteiger partial charge in [0.15, 0.2) is 0 Å². The normalized spacial score (nSPS) is 31.9. The molecule has 0 spiro atoms. The Labute approximate surface area is 98.5 Å². The van der Waals surface area contributed by atoms with Gasteiger partial charge in [-0.25, -0.2) is 0 Å². The number of hydrogen-bond donors (Lipinski definition) is 1. The quantitative estimate of drug-likeness (QED) is 0.720. The van der Waals surface area contributed by atoms with Gasteiger partial charge in [-0.3, -0.25) is 0 Å². The molecule has 1 nitrogen and oxygen atoms in total. The van der Waals surface area contributed by atoms with Gasteiger partial charge in [0.05, 0.1) is 0 Å². The number of nitrogens with two attached hydrogens (primary N) is 1. The molecule has 1 aromatic rings. The van der Waals surface area contributed by atoms with Crippen molar-refractivity contribution in [1.82, 2.24) is 0 Å². The summed E-state index contributed by atoms with van der Waals surface area (Å²) < 4.78 is 0. The second kappa shape index (κ2) is 3.50. The molecule has 0 fully saturated rings. The van der Waals surface area contributed by atoms with Crippen LogP contribution in [0.1, 0.15) is 44.7 Å². The van der Waals surface area contributed by atoms with Gasteiger partial charge >= 0.3 is 0 Å². The standard InChI is InChI=1S/C13H19N.ClH/c1-9-10-7-5-6-8-11(10)13(4,14)12(9,2)3;/h5-9H,14H2,1-4H3;1H/t9-,13+;/m0./s1. The number of fused-ring (bicyclic) bond motifs is 1. The fraction of sp³-hybridized carbons (Fsp3) is 0.538. The third-order valence-electron chi connectivity index (χ3n) is 4.41. The van der Waals surface area contributed by atoms with Crippen molar-refractivity contribution in [1.29, 1.82) is 0 Å². The van der Waals surface area contributed by atoms with E-state index in [-0.39, 0.29) is 23.4 Å². The molecule has 0 aliphatic heterocycles. The third-order valence-corrected chi connectivity index (χ3v) is 4.41. The van der Waals surface area contributed by atoms with Crippen LogP contribution in [-0.4, -0.2) is 0 Å². The highest BCUT2D eigenvalue weighted by Crippen LogP contribution is 2.55. The highest BCUT2D eigenvalue weighted by molar-refractivity contribution is 5.85. The van der Waals surface area contributed by atoms with Gasteiger partial charge in [0.25, 0.3) is 0 Å². The summed E-state index contributed by atoms with van der Waals surface area (Å²) >= 11 is 0. The van der Waals surface area contributed by atoms with E-state index in [1.807, 2.05) is 0 Å². The van der Waals surface area contributed by atoms with Crippen LogP contribution in [0, 0.1) is 5.41 Å². The predicted molar refractivity (Wildman–Crippen MR) is 67.4 cm³/mol. The van der Waals surface area contributed by atoms with Gasteiger partial charge < -0.3 is 5.73 Å². The molecule has 2 heteroatoms. The van der Waals surface area contributed by atoms with E-state index in [0.717, 1.165) is 0 Å². The van der Waals surface area contributed by atoms with Gasteiger partial charge in [-0.2, -0.15) is 0 Å². The first kappa shape index (κ1) is 12.5. The Kier molecular flexibility index (Phi) is 2.92. The third kappa shape index (κ3) is 1.41. The van der Waals surface area contributed by atoms with Crippen LogP contribution in [0.25, 0.3) is 0 Å². The average Bonchev–Trinajstić information content (AvgIpc) is 2.27. The summed E-state index contributed by atoms with van der Waals surface area (Å²) in [5.41, 5.74) is 9.12. The molecule has 0 aromatic heterocycles. The number of rotatable bonds is 0. The Morgan fingerprint density at radius 3 is 2.20 bits per heavy atom. The van der Waals surface area contributed by atoms with Crippen molar-refractivity contribution >= 4 is 12.4 Å². The number of halogens is 1. The molecule has 0 heterocycles. The van der Waals surface area contributed by atoms with E-state index in [1.54, 1.807) is 0 Å². The first-order valence-corrected chi connectivity index (χ1v) is 5.27. The topological polar surface area (TPSA) is 26.0 Å². The van der Waals surface area contributed by atoms with Crippen molar-refractivity contribution in [2.45, 2.75) is 39.2 Å². The highest BCUT2D eigenvalue weighted by atomic mass is 35.5. The molecule has 2 atom stereocenters. The summed E-state index contributed by atoms with van der Waals surface area (Å²) in [4.78, 5) is 0. The minimum absolute atomic E-state index is 0. The first-order valence-electron chi connectivity index (χ1n) is 5.27. The molecule has 2 rings (SSSR count). The van der Waals surface area contributed by atoms with Crippen LogP contribution < -0.4 is 5.73 Å². The SMILES string of the molecule is C[C@H]1c2ccccc2[C@@](C)(N)C1(C)C.Cl. The zero-order valence-corrected chi connectivity index (χ0v) is 10.7. The van der Waals surface area contributed by atoms with Crippen LogP contribution >= 0.6 is 12.4 Å². The Hall–Kier alpha value is -0.530. The Balaban J connectivity index is 0.00000112. The highest BCUT2D eigenvalue weighted by Gasteiger charge is 2.50. The van der Waals surface area contributed by atoms with E-state index >= 15 is 0 Å². The minimum Gasteiger partial charge on any atom is -0.321 e. The van der Waals surface area contributed by atoms with Gasteiger partial charge in [-0.05, 0) is 29.4 Å². The second-order valence-electron chi connectivity index (χ2n) is 5.23. The molecule has 0 radical (unpaired) electrons. The van der Waals surface area contributed by atoms with Crippen molar-refractivity contribution in [3.63, 3.8) is 0 Å². The van der Waals surface area contributed by atoms with E-state index in [2.05, 4.69) is 52.0 Å². The lowest BCUT2D eigenvalue weighted by Gasteiger charge is -2.38. The molecule has 0 saturated heterocycles. The van der Waals surface area contributed by atoms with Gasteiger partial charge in [0, 0.05) is 5.54 Å². The van der Waals surface area contributed by atoms with Crippen molar-refractivity contribution in [2.75, 3.05) is 0 Å². The predicted octanol–water partition coefficient (Wildman–Crippen LogP) is 3.43. The summed E-state index contributed by atoms with van der Waals surface area (Å²) in [6.45, 7) is 8.95. The summed E-state index contributed by atoms with van der Waals surface area (Å²) in [5, 5.41) is 0. The summed E-state index contributed by atoms with van der Waals surface area (Å²) in [6.07, 6.45) is 0. The molecule has 15 heavy (non-hydrogen) atoms. The van der Waals surface area contributed by atoms with Crippen LogP contribution in [0.3, 0.4) is 0 Å². The first-order chi connectivity index (χ1) is 6.39. The molecule has 0 unspecified atom stereocenters. The fourth-order valence-electron chi connectivity index (χ4n) is 2.53. The lowest BCUT2D eigenvalue weighted by atomic mass is 9.70. The van der Waals surface area contributed by atoms with Crippen molar-refractivity contribution in [2.24, 2.45) is 11.1 Å². The lowest BCUT2D eigenvalue weighted by Crippen LogP contribution is -2.44. The summed E-state index contributed by atoms with van der Waals surface area (Å²) in [7, 11) is 0. The Morgan fingerprint density at radius 1 is 1.13 bits per heavy atom. The van der Waals surface area contributed by atoms with Gasteiger partial charge in [0.1, 0.15) is 0 Å². The fourth-order valence-corrected chi connectivity index (χ4v) is 2.53. The number of hydrogen-bond acceptors (Lipinski definition) is 1. The second-order valence-corrected chi connectivity index (χ2v) is 5.23. The molecule has 0 saturated carbocycles. The molecule has 0 amide bonds. The lowest BCUT2D eigenvalue weighted by molar-refractivity contribution is 0.178. The van der Waals surface area contributed by atoms with Crippen LogP contribution in [0.5, 0.6) is 0 Å².